The maximum absolute atomic E-state index is 10.9. The lowest BCUT2D eigenvalue weighted by Gasteiger charge is -2.02. The van der Waals surface area contributed by atoms with E-state index in [9.17, 15) is 4.79 Å². The highest BCUT2D eigenvalue weighted by Crippen LogP contribution is 2.12. The molecule has 0 saturated carbocycles. The fourth-order valence-electron chi connectivity index (χ4n) is 1.18. The Hall–Kier alpha value is -1.51. The number of allylic oxidation sites excluding steroid dienone is 1. The molecule has 0 spiro atoms. The van der Waals surface area contributed by atoms with E-state index in [-0.39, 0.29) is 5.97 Å². The smallest absolute Gasteiger partial charge is 0.330 e. The van der Waals surface area contributed by atoms with Crippen molar-refractivity contribution in [3.05, 3.63) is 30.1 Å². The molecule has 0 aliphatic rings. The van der Waals surface area contributed by atoms with Crippen molar-refractivity contribution >= 4 is 11.5 Å². The molecule has 0 aliphatic carbocycles. The summed E-state index contributed by atoms with van der Waals surface area (Å²) < 4.78 is 6.49. The van der Waals surface area contributed by atoms with Crippen molar-refractivity contribution < 1.29 is 9.53 Å². The minimum absolute atomic E-state index is 0.321. The Morgan fingerprint density at radius 3 is 2.77 bits per heavy atom. The first-order valence-corrected chi connectivity index (χ1v) is 4.03. The average molecular weight is 179 g/mol. The first kappa shape index (κ1) is 9.58. The van der Waals surface area contributed by atoms with Crippen LogP contribution in [0.5, 0.6) is 0 Å². The second-order valence-electron chi connectivity index (χ2n) is 2.85. The average Bonchev–Trinajstić information content (AvgIpc) is 2.51. The van der Waals surface area contributed by atoms with Gasteiger partial charge in [0.25, 0.3) is 0 Å². The van der Waals surface area contributed by atoms with E-state index in [4.69, 9.17) is 0 Å². The number of aryl methyl sites for hydroxylation is 1. The molecule has 0 aliphatic heterocycles. The highest BCUT2D eigenvalue weighted by atomic mass is 16.5. The second kappa shape index (κ2) is 3.94. The van der Waals surface area contributed by atoms with Crippen molar-refractivity contribution in [2.75, 3.05) is 7.11 Å². The van der Waals surface area contributed by atoms with Crippen LogP contribution < -0.4 is 0 Å². The Labute approximate surface area is 77.6 Å². The summed E-state index contributed by atoms with van der Waals surface area (Å²) in [7, 11) is 3.31. The van der Waals surface area contributed by atoms with Crippen molar-refractivity contribution in [2.24, 2.45) is 7.05 Å². The third kappa shape index (κ3) is 2.21. The fraction of sp³-hybridized carbons (Fsp3) is 0.300. The summed E-state index contributed by atoms with van der Waals surface area (Å²) in [6.07, 6.45) is 3.42. The molecule has 0 aromatic carbocycles. The van der Waals surface area contributed by atoms with E-state index in [0.717, 1.165) is 11.3 Å². The van der Waals surface area contributed by atoms with Gasteiger partial charge in [-0.3, -0.25) is 0 Å². The highest BCUT2D eigenvalue weighted by molar-refractivity contribution is 5.90. The van der Waals surface area contributed by atoms with Gasteiger partial charge in [-0.15, -0.1) is 0 Å². The van der Waals surface area contributed by atoms with Crippen molar-refractivity contribution in [1.82, 2.24) is 4.57 Å². The first-order chi connectivity index (χ1) is 6.15. The third-order valence-corrected chi connectivity index (χ3v) is 1.88. The number of carbonyl (C=O) groups is 1. The Morgan fingerprint density at radius 1 is 1.62 bits per heavy atom. The normalized spacial score (nSPS) is 11.5. The number of hydrogen-bond donors (Lipinski definition) is 0. The maximum atomic E-state index is 10.9. The van der Waals surface area contributed by atoms with Gasteiger partial charge in [-0.05, 0) is 24.6 Å². The van der Waals surface area contributed by atoms with Crippen LogP contribution in [0, 0.1) is 0 Å². The zero-order valence-corrected chi connectivity index (χ0v) is 8.07. The largest absolute Gasteiger partial charge is 0.466 e. The molecule has 3 nitrogen and oxygen atoms in total. The molecule has 0 radical (unpaired) electrons. The number of ether oxygens (including phenoxy) is 1. The molecule has 0 bridgehead atoms. The molecule has 1 heterocycles. The van der Waals surface area contributed by atoms with Crippen LogP contribution in [0.15, 0.2) is 24.4 Å². The van der Waals surface area contributed by atoms with Crippen LogP contribution >= 0.6 is 0 Å². The minimum atomic E-state index is -0.321. The second-order valence-corrected chi connectivity index (χ2v) is 2.85. The van der Waals surface area contributed by atoms with Gasteiger partial charge < -0.3 is 9.30 Å². The van der Waals surface area contributed by atoms with E-state index in [2.05, 4.69) is 4.74 Å². The molecule has 0 fully saturated rings. The van der Waals surface area contributed by atoms with Gasteiger partial charge in [0.05, 0.1) is 7.11 Å². The molecule has 0 amide bonds. The van der Waals surface area contributed by atoms with E-state index in [1.165, 1.54) is 13.2 Å². The molecule has 70 valence electrons. The van der Waals surface area contributed by atoms with Gasteiger partial charge in [0, 0.05) is 25.0 Å². The number of methoxy groups -OCH3 is 1. The number of carbonyl (C=O) groups excluding carboxylic acids is 1. The molecule has 0 unspecified atom stereocenters. The molecule has 0 saturated heterocycles. The molecule has 1 rings (SSSR count). The van der Waals surface area contributed by atoms with Gasteiger partial charge in [-0.25, -0.2) is 4.79 Å². The van der Waals surface area contributed by atoms with Crippen LogP contribution in [-0.2, 0) is 16.6 Å². The van der Waals surface area contributed by atoms with Crippen molar-refractivity contribution in [3.63, 3.8) is 0 Å². The highest BCUT2D eigenvalue weighted by Gasteiger charge is 2.01. The summed E-state index contributed by atoms with van der Waals surface area (Å²) in [5.74, 6) is -0.321. The molecule has 0 atom stereocenters. The van der Waals surface area contributed by atoms with E-state index < -0.39 is 0 Å². The number of esters is 1. The summed E-state index contributed by atoms with van der Waals surface area (Å²) >= 11 is 0. The molecule has 1 aromatic rings. The molecule has 13 heavy (non-hydrogen) atoms. The predicted octanol–water partition coefficient (Wildman–Crippen LogP) is 1.60. The zero-order chi connectivity index (χ0) is 9.84. The van der Waals surface area contributed by atoms with E-state index in [1.54, 1.807) is 0 Å². The monoisotopic (exact) mass is 179 g/mol. The lowest BCUT2D eigenvalue weighted by molar-refractivity contribution is -0.134. The van der Waals surface area contributed by atoms with Crippen LogP contribution in [0.3, 0.4) is 0 Å². The summed E-state index contributed by atoms with van der Waals surface area (Å²) in [4.78, 5) is 10.9. The van der Waals surface area contributed by atoms with E-state index in [0.29, 0.717) is 0 Å². The van der Waals surface area contributed by atoms with Gasteiger partial charge >= 0.3 is 5.97 Å². The molecular formula is C10H13NO2. The number of hydrogen-bond acceptors (Lipinski definition) is 2. The van der Waals surface area contributed by atoms with Crippen LogP contribution in [0.25, 0.3) is 5.57 Å². The summed E-state index contributed by atoms with van der Waals surface area (Å²) in [6.45, 7) is 1.88. The predicted molar refractivity (Wildman–Crippen MR) is 51.1 cm³/mol. The summed E-state index contributed by atoms with van der Waals surface area (Å²) in [6, 6.07) is 3.89. The van der Waals surface area contributed by atoms with E-state index >= 15 is 0 Å². The topological polar surface area (TPSA) is 31.2 Å². The number of rotatable bonds is 2. The molecular weight excluding hydrogens is 166 g/mol. The lowest BCUT2D eigenvalue weighted by Crippen LogP contribution is -1.98. The standard InChI is InChI=1S/C10H13NO2/c1-8(7-10(12)13-3)9-5-4-6-11(9)2/h4-7H,1-3H3/b8-7-. The Bertz CT molecular complexity index is 336. The summed E-state index contributed by atoms with van der Waals surface area (Å²) in [5, 5.41) is 0. The van der Waals surface area contributed by atoms with Gasteiger partial charge in [-0.1, -0.05) is 0 Å². The van der Waals surface area contributed by atoms with Gasteiger partial charge in [0.2, 0.25) is 0 Å². The van der Waals surface area contributed by atoms with Crippen molar-refractivity contribution in [2.45, 2.75) is 6.92 Å². The molecule has 0 N–H and O–H groups in total. The Kier molecular flexibility index (Phi) is 2.90. The third-order valence-electron chi connectivity index (χ3n) is 1.88. The van der Waals surface area contributed by atoms with Gasteiger partial charge in [-0.2, -0.15) is 0 Å². The lowest BCUT2D eigenvalue weighted by atomic mass is 10.2. The quantitative estimate of drug-likeness (QED) is 0.510. The number of aromatic nitrogens is 1. The van der Waals surface area contributed by atoms with Crippen LogP contribution in [0.1, 0.15) is 12.6 Å². The van der Waals surface area contributed by atoms with Gasteiger partial charge in [0.1, 0.15) is 0 Å². The van der Waals surface area contributed by atoms with E-state index in [1.807, 2.05) is 36.9 Å². The van der Waals surface area contributed by atoms with Crippen molar-refractivity contribution in [1.29, 1.82) is 0 Å². The first-order valence-electron chi connectivity index (χ1n) is 4.03. The fourth-order valence-corrected chi connectivity index (χ4v) is 1.18. The van der Waals surface area contributed by atoms with Crippen LogP contribution in [0.4, 0.5) is 0 Å². The minimum Gasteiger partial charge on any atom is -0.466 e. The summed E-state index contributed by atoms with van der Waals surface area (Å²) in [5.41, 5.74) is 1.92. The Morgan fingerprint density at radius 2 is 2.31 bits per heavy atom. The van der Waals surface area contributed by atoms with Crippen LogP contribution in [0.2, 0.25) is 0 Å². The maximum Gasteiger partial charge on any atom is 0.330 e. The zero-order valence-electron chi connectivity index (χ0n) is 8.07. The molecule has 3 heteroatoms. The number of nitrogens with zero attached hydrogens (tertiary/aromatic N) is 1. The van der Waals surface area contributed by atoms with Crippen LogP contribution in [-0.4, -0.2) is 17.6 Å². The molecule has 1 aromatic heterocycles. The SMILES string of the molecule is COC(=O)/C=C(/C)c1cccn1C. The van der Waals surface area contributed by atoms with Gasteiger partial charge in [0.15, 0.2) is 0 Å². The Balaban J connectivity index is 2.91. The van der Waals surface area contributed by atoms with Crippen molar-refractivity contribution in [3.8, 4) is 0 Å².